The summed E-state index contributed by atoms with van der Waals surface area (Å²) < 4.78 is 26.7. The van der Waals surface area contributed by atoms with Crippen LogP contribution >= 0.6 is 0 Å². The molecule has 0 aliphatic rings. The third-order valence-electron chi connectivity index (χ3n) is 5.93. The van der Waals surface area contributed by atoms with Crippen molar-refractivity contribution in [3.8, 4) is 0 Å². The molecule has 0 rings (SSSR count). The summed E-state index contributed by atoms with van der Waals surface area (Å²) in [7, 11) is -3.36. The smallest absolute Gasteiger partial charge is 0.264 e. The van der Waals surface area contributed by atoms with E-state index in [0.29, 0.717) is 0 Å². The van der Waals surface area contributed by atoms with E-state index in [0.717, 1.165) is 69.6 Å². The molecular weight excluding hydrogens is 452 g/mol. The predicted molar refractivity (Wildman–Crippen MR) is 155 cm³/mol. The molecule has 0 saturated carbocycles. The van der Waals surface area contributed by atoms with Gasteiger partial charge in [-0.2, -0.15) is 8.42 Å². The van der Waals surface area contributed by atoms with Crippen LogP contribution in [0.15, 0.2) is 69.9 Å². The third-order valence-corrected chi connectivity index (χ3v) is 6.50. The molecule has 200 valence electrons. The minimum atomic E-state index is -3.36. The lowest BCUT2D eigenvalue weighted by Crippen LogP contribution is -2.02. The molecule has 0 amide bonds. The molecule has 0 aromatic carbocycles. The van der Waals surface area contributed by atoms with E-state index in [9.17, 15) is 8.42 Å². The fourth-order valence-electron chi connectivity index (χ4n) is 3.58. The summed E-state index contributed by atoms with van der Waals surface area (Å²) in [5.74, 6) is 0. The zero-order valence-electron chi connectivity index (χ0n) is 23.9. The van der Waals surface area contributed by atoms with Gasteiger partial charge in [0.2, 0.25) is 0 Å². The fraction of sp³-hybridized carbons (Fsp3) is 0.613. The van der Waals surface area contributed by atoms with Crippen molar-refractivity contribution in [3.05, 3.63) is 69.9 Å². The Balaban J connectivity index is 4.15. The normalized spacial score (nSPS) is 14.5. The second-order valence-corrected chi connectivity index (χ2v) is 11.9. The van der Waals surface area contributed by atoms with Gasteiger partial charge in [0.05, 0.1) is 12.9 Å². The molecular formula is C31H52O3S. The molecule has 0 aliphatic heterocycles. The first-order valence-electron chi connectivity index (χ1n) is 13.1. The molecule has 0 N–H and O–H groups in total. The molecule has 0 heterocycles. The van der Waals surface area contributed by atoms with Gasteiger partial charge in [0.1, 0.15) is 0 Å². The monoisotopic (exact) mass is 504 g/mol. The van der Waals surface area contributed by atoms with Gasteiger partial charge >= 0.3 is 0 Å². The largest absolute Gasteiger partial charge is 0.266 e. The van der Waals surface area contributed by atoms with Gasteiger partial charge in [-0.05, 0) is 113 Å². The molecule has 0 spiro atoms. The van der Waals surface area contributed by atoms with Crippen molar-refractivity contribution in [3.63, 3.8) is 0 Å². The zero-order valence-corrected chi connectivity index (χ0v) is 24.7. The Morgan fingerprint density at radius 2 is 0.800 bits per heavy atom. The van der Waals surface area contributed by atoms with Crippen LogP contribution in [0.1, 0.15) is 113 Å². The van der Waals surface area contributed by atoms with E-state index < -0.39 is 10.1 Å². The fourth-order valence-corrected chi connectivity index (χ4v) is 3.90. The summed E-state index contributed by atoms with van der Waals surface area (Å²) in [4.78, 5) is 0. The maximum Gasteiger partial charge on any atom is 0.264 e. The first kappa shape index (κ1) is 33.4. The molecule has 3 nitrogen and oxygen atoms in total. The molecule has 35 heavy (non-hydrogen) atoms. The molecule has 0 fully saturated rings. The van der Waals surface area contributed by atoms with Crippen molar-refractivity contribution in [2.75, 3.05) is 12.9 Å². The zero-order chi connectivity index (χ0) is 26.7. The van der Waals surface area contributed by atoms with Crippen LogP contribution in [0.5, 0.6) is 0 Å². The van der Waals surface area contributed by atoms with E-state index in [4.69, 9.17) is 4.18 Å². The maximum absolute atomic E-state index is 11.0. The van der Waals surface area contributed by atoms with E-state index >= 15 is 0 Å². The summed E-state index contributed by atoms with van der Waals surface area (Å²) in [5, 5.41) is 0. The van der Waals surface area contributed by atoms with Gasteiger partial charge in [-0.15, -0.1) is 0 Å². The number of rotatable bonds is 18. The van der Waals surface area contributed by atoms with Gasteiger partial charge in [-0.3, -0.25) is 4.18 Å². The molecule has 0 aliphatic carbocycles. The van der Waals surface area contributed by atoms with Crippen molar-refractivity contribution in [2.45, 2.75) is 113 Å². The number of hydrogen-bond acceptors (Lipinski definition) is 3. The molecule has 4 heteroatoms. The highest BCUT2D eigenvalue weighted by molar-refractivity contribution is 7.85. The quantitative estimate of drug-likeness (QED) is 0.138. The van der Waals surface area contributed by atoms with E-state index in [2.05, 4.69) is 71.9 Å². The van der Waals surface area contributed by atoms with E-state index in [1.54, 1.807) is 0 Å². The van der Waals surface area contributed by atoms with Gasteiger partial charge in [0.25, 0.3) is 10.1 Å². The molecule has 0 aromatic rings. The topological polar surface area (TPSA) is 43.4 Å². The Kier molecular flexibility index (Phi) is 18.6. The molecule has 0 saturated heterocycles. The second-order valence-electron chi connectivity index (χ2n) is 10.2. The van der Waals surface area contributed by atoms with Crippen LogP contribution in [0.2, 0.25) is 0 Å². The average Bonchev–Trinajstić information content (AvgIpc) is 2.72. The third kappa shape index (κ3) is 23.8. The maximum atomic E-state index is 11.0. The van der Waals surface area contributed by atoms with Crippen molar-refractivity contribution in [1.29, 1.82) is 0 Å². The molecule has 0 radical (unpaired) electrons. The Bertz CT molecular complexity index is 890. The van der Waals surface area contributed by atoms with Gasteiger partial charge in [0, 0.05) is 0 Å². The molecule has 0 atom stereocenters. The lowest BCUT2D eigenvalue weighted by molar-refractivity contribution is 0.360. The molecule has 0 unspecified atom stereocenters. The first-order chi connectivity index (χ1) is 16.4. The highest BCUT2D eigenvalue weighted by Gasteiger charge is 1.99. The Morgan fingerprint density at radius 1 is 0.514 bits per heavy atom. The summed E-state index contributed by atoms with van der Waals surface area (Å²) in [6.07, 6.45) is 25.7. The molecule has 0 aromatic heterocycles. The minimum absolute atomic E-state index is 0.125. The SMILES string of the molecule is CC(C)=CCCC(C)=CCCC(C)=CCCC(C)=CCCC(C)=CCCC(C)=CCOS(C)(=O)=O. The standard InChI is InChI=1S/C31H52O3S/c1-26(2)14-9-15-27(3)16-10-17-28(4)18-11-19-29(5)20-12-21-30(6)22-13-23-31(7)24-25-34-35(8,32)33/h14,16,18,20,22,24H,9-13,15,17,19,21,23,25H2,1-8H3. The summed E-state index contributed by atoms with van der Waals surface area (Å²) in [6, 6.07) is 0. The average molecular weight is 505 g/mol. The summed E-state index contributed by atoms with van der Waals surface area (Å²) in [5.41, 5.74) is 8.45. The first-order valence-corrected chi connectivity index (χ1v) is 15.0. The van der Waals surface area contributed by atoms with Gasteiger partial charge < -0.3 is 0 Å². The number of hydrogen-bond donors (Lipinski definition) is 0. The molecule has 0 bridgehead atoms. The van der Waals surface area contributed by atoms with Gasteiger partial charge in [-0.25, -0.2) is 0 Å². The highest BCUT2D eigenvalue weighted by atomic mass is 32.2. The lowest BCUT2D eigenvalue weighted by Gasteiger charge is -2.04. The van der Waals surface area contributed by atoms with Crippen LogP contribution in [-0.2, 0) is 14.3 Å². The van der Waals surface area contributed by atoms with Crippen LogP contribution in [0, 0.1) is 0 Å². The Morgan fingerprint density at radius 3 is 1.09 bits per heavy atom. The van der Waals surface area contributed by atoms with Crippen molar-refractivity contribution >= 4 is 10.1 Å². The van der Waals surface area contributed by atoms with Crippen LogP contribution in [-0.4, -0.2) is 21.3 Å². The summed E-state index contributed by atoms with van der Waals surface area (Å²) in [6.45, 7) is 15.4. The second kappa shape index (κ2) is 19.5. The highest BCUT2D eigenvalue weighted by Crippen LogP contribution is 2.15. The predicted octanol–water partition coefficient (Wildman–Crippen LogP) is 9.56. The van der Waals surface area contributed by atoms with Crippen LogP contribution < -0.4 is 0 Å². The van der Waals surface area contributed by atoms with E-state index in [1.165, 1.54) is 34.3 Å². The van der Waals surface area contributed by atoms with Crippen molar-refractivity contribution < 1.29 is 12.6 Å². The van der Waals surface area contributed by atoms with Crippen molar-refractivity contribution in [2.24, 2.45) is 0 Å². The van der Waals surface area contributed by atoms with Gasteiger partial charge in [0.15, 0.2) is 0 Å². The number of allylic oxidation sites excluding steroid dienone is 11. The van der Waals surface area contributed by atoms with E-state index in [1.807, 2.05) is 13.0 Å². The minimum Gasteiger partial charge on any atom is -0.266 e. The van der Waals surface area contributed by atoms with Crippen LogP contribution in [0.4, 0.5) is 0 Å². The van der Waals surface area contributed by atoms with Crippen LogP contribution in [0.25, 0.3) is 0 Å². The van der Waals surface area contributed by atoms with Crippen LogP contribution in [0.3, 0.4) is 0 Å². The lowest BCUT2D eigenvalue weighted by atomic mass is 10.0. The Hall–Kier alpha value is -1.65. The van der Waals surface area contributed by atoms with Gasteiger partial charge in [-0.1, -0.05) is 69.9 Å². The van der Waals surface area contributed by atoms with E-state index in [-0.39, 0.29) is 6.61 Å². The Labute approximate surface area is 217 Å². The summed E-state index contributed by atoms with van der Waals surface area (Å²) >= 11 is 0. The van der Waals surface area contributed by atoms with Crippen molar-refractivity contribution in [1.82, 2.24) is 0 Å².